The lowest BCUT2D eigenvalue weighted by atomic mass is 10.3. The summed E-state index contributed by atoms with van der Waals surface area (Å²) in [7, 11) is -3.50. The Bertz CT molecular complexity index is 543. The number of sulfonamides is 1. The first kappa shape index (κ1) is 16.2. The number of ether oxygens (including phenoxy) is 2. The number of hydrogen-bond acceptors (Lipinski definition) is 5. The Kier molecular flexibility index (Phi) is 5.58. The van der Waals surface area contributed by atoms with Crippen molar-refractivity contribution in [3.8, 4) is 5.75 Å². The zero-order valence-corrected chi connectivity index (χ0v) is 12.9. The van der Waals surface area contributed by atoms with Crippen molar-refractivity contribution in [2.45, 2.75) is 24.3 Å². The average Bonchev–Trinajstić information content (AvgIpc) is 2.48. The Morgan fingerprint density at radius 3 is 2.71 bits per heavy atom. The molecule has 1 atom stereocenters. The molecule has 7 heteroatoms. The summed E-state index contributed by atoms with van der Waals surface area (Å²) in [5.41, 5.74) is 0. The number of rotatable bonds is 6. The molecule has 0 aliphatic carbocycles. The first-order valence-corrected chi connectivity index (χ1v) is 8.43. The molecule has 21 heavy (non-hydrogen) atoms. The SMILES string of the molecule is CC1COCCN1S(=O)(=O)c1ccc(OCCCO)cc1. The van der Waals surface area contributed by atoms with E-state index in [0.717, 1.165) is 0 Å². The third-order valence-corrected chi connectivity index (χ3v) is 5.34. The Morgan fingerprint density at radius 1 is 1.38 bits per heavy atom. The topological polar surface area (TPSA) is 76.1 Å². The number of hydrogen-bond donors (Lipinski definition) is 1. The van der Waals surface area contributed by atoms with E-state index in [4.69, 9.17) is 14.6 Å². The van der Waals surface area contributed by atoms with Gasteiger partial charge in [-0.3, -0.25) is 0 Å². The minimum absolute atomic E-state index is 0.0708. The fourth-order valence-electron chi connectivity index (χ4n) is 2.17. The van der Waals surface area contributed by atoms with Crippen LogP contribution in [0.25, 0.3) is 0 Å². The molecular formula is C14H21NO5S. The molecule has 0 aromatic heterocycles. The van der Waals surface area contributed by atoms with Gasteiger partial charge in [0.15, 0.2) is 0 Å². The van der Waals surface area contributed by atoms with Gasteiger partial charge in [-0.25, -0.2) is 8.42 Å². The van der Waals surface area contributed by atoms with Gasteiger partial charge in [-0.1, -0.05) is 0 Å². The maximum absolute atomic E-state index is 12.6. The van der Waals surface area contributed by atoms with Crippen molar-refractivity contribution in [2.75, 3.05) is 33.0 Å². The molecule has 1 aromatic rings. The molecule has 1 aliphatic heterocycles. The fourth-order valence-corrected chi connectivity index (χ4v) is 3.77. The van der Waals surface area contributed by atoms with Gasteiger partial charge in [0.1, 0.15) is 5.75 Å². The lowest BCUT2D eigenvalue weighted by Gasteiger charge is -2.32. The van der Waals surface area contributed by atoms with Gasteiger partial charge in [-0.15, -0.1) is 0 Å². The molecule has 6 nitrogen and oxygen atoms in total. The van der Waals surface area contributed by atoms with Gasteiger partial charge in [0.05, 0.1) is 24.7 Å². The molecule has 0 spiro atoms. The monoisotopic (exact) mass is 315 g/mol. The van der Waals surface area contributed by atoms with E-state index in [9.17, 15) is 8.42 Å². The Hall–Kier alpha value is -1.15. The van der Waals surface area contributed by atoms with Gasteiger partial charge in [0.25, 0.3) is 0 Å². The third kappa shape index (κ3) is 3.94. The average molecular weight is 315 g/mol. The van der Waals surface area contributed by atoms with Gasteiger partial charge in [0.2, 0.25) is 10.0 Å². The van der Waals surface area contributed by atoms with Crippen LogP contribution in [0.15, 0.2) is 29.2 Å². The predicted molar refractivity (Wildman–Crippen MR) is 77.8 cm³/mol. The minimum atomic E-state index is -3.50. The number of morpholine rings is 1. The van der Waals surface area contributed by atoms with E-state index in [2.05, 4.69) is 0 Å². The molecule has 1 aliphatic rings. The normalized spacial score (nSPS) is 20.4. The smallest absolute Gasteiger partial charge is 0.243 e. The van der Waals surface area contributed by atoms with E-state index < -0.39 is 10.0 Å². The molecule has 1 unspecified atom stereocenters. The Morgan fingerprint density at radius 2 is 2.10 bits per heavy atom. The van der Waals surface area contributed by atoms with Gasteiger partial charge in [0, 0.05) is 25.6 Å². The highest BCUT2D eigenvalue weighted by Crippen LogP contribution is 2.22. The maximum Gasteiger partial charge on any atom is 0.243 e. The summed E-state index contributed by atoms with van der Waals surface area (Å²) in [4.78, 5) is 0.255. The predicted octanol–water partition coefficient (Wildman–Crippen LogP) is 0.857. The quantitative estimate of drug-likeness (QED) is 0.788. The summed E-state index contributed by atoms with van der Waals surface area (Å²) < 4.78 is 37.3. The van der Waals surface area contributed by atoms with Crippen molar-refractivity contribution in [3.05, 3.63) is 24.3 Å². The van der Waals surface area contributed by atoms with Crippen molar-refractivity contribution in [3.63, 3.8) is 0 Å². The lowest BCUT2D eigenvalue weighted by molar-refractivity contribution is 0.0393. The van der Waals surface area contributed by atoms with Crippen LogP contribution in [0.4, 0.5) is 0 Å². The lowest BCUT2D eigenvalue weighted by Crippen LogP contribution is -2.46. The van der Waals surface area contributed by atoms with Crippen LogP contribution in [0.3, 0.4) is 0 Å². The molecule has 2 rings (SSSR count). The largest absolute Gasteiger partial charge is 0.494 e. The van der Waals surface area contributed by atoms with E-state index in [-0.39, 0.29) is 17.5 Å². The minimum Gasteiger partial charge on any atom is -0.494 e. The highest BCUT2D eigenvalue weighted by molar-refractivity contribution is 7.89. The third-order valence-electron chi connectivity index (χ3n) is 3.31. The molecule has 0 saturated carbocycles. The molecule has 118 valence electrons. The van der Waals surface area contributed by atoms with E-state index in [1.807, 2.05) is 6.92 Å². The van der Waals surface area contributed by atoms with E-state index in [1.165, 1.54) is 4.31 Å². The number of nitrogens with zero attached hydrogens (tertiary/aromatic N) is 1. The van der Waals surface area contributed by atoms with Crippen LogP contribution in [0.2, 0.25) is 0 Å². The molecule has 0 bridgehead atoms. The summed E-state index contributed by atoms with van der Waals surface area (Å²) in [5, 5.41) is 8.69. The summed E-state index contributed by atoms with van der Waals surface area (Å²) in [6, 6.07) is 6.20. The number of aliphatic hydroxyl groups is 1. The molecule has 0 radical (unpaired) electrons. The van der Waals surface area contributed by atoms with Crippen LogP contribution >= 0.6 is 0 Å². The van der Waals surface area contributed by atoms with Crippen molar-refractivity contribution in [2.24, 2.45) is 0 Å². The highest BCUT2D eigenvalue weighted by Gasteiger charge is 2.31. The van der Waals surface area contributed by atoms with Gasteiger partial charge >= 0.3 is 0 Å². The van der Waals surface area contributed by atoms with E-state index >= 15 is 0 Å². The Labute approximate surface area is 125 Å². The second-order valence-corrected chi connectivity index (χ2v) is 6.83. The van der Waals surface area contributed by atoms with Crippen molar-refractivity contribution in [1.29, 1.82) is 0 Å². The second-order valence-electron chi connectivity index (χ2n) is 4.94. The molecule has 1 heterocycles. The van der Waals surface area contributed by atoms with Crippen LogP contribution in [-0.2, 0) is 14.8 Å². The molecule has 1 fully saturated rings. The summed E-state index contributed by atoms with van der Waals surface area (Å²) in [5.74, 6) is 0.595. The molecule has 0 amide bonds. The maximum atomic E-state index is 12.6. The van der Waals surface area contributed by atoms with Gasteiger partial charge in [-0.2, -0.15) is 4.31 Å². The fraction of sp³-hybridized carbons (Fsp3) is 0.571. The van der Waals surface area contributed by atoms with Gasteiger partial charge < -0.3 is 14.6 Å². The number of benzene rings is 1. The van der Waals surface area contributed by atoms with Crippen molar-refractivity contribution in [1.82, 2.24) is 4.31 Å². The molecule has 1 saturated heterocycles. The van der Waals surface area contributed by atoms with Crippen molar-refractivity contribution < 1.29 is 23.0 Å². The zero-order chi connectivity index (χ0) is 15.3. The summed E-state index contributed by atoms with van der Waals surface area (Å²) >= 11 is 0. The first-order chi connectivity index (χ1) is 10.1. The van der Waals surface area contributed by atoms with Crippen LogP contribution in [0, 0.1) is 0 Å². The highest BCUT2D eigenvalue weighted by atomic mass is 32.2. The molecular weight excluding hydrogens is 294 g/mol. The molecule has 1 aromatic carbocycles. The van der Waals surface area contributed by atoms with E-state index in [1.54, 1.807) is 24.3 Å². The zero-order valence-electron chi connectivity index (χ0n) is 12.1. The summed E-state index contributed by atoms with van der Waals surface area (Å²) in [6.45, 7) is 3.53. The number of aliphatic hydroxyl groups excluding tert-OH is 1. The molecule has 1 N–H and O–H groups in total. The van der Waals surface area contributed by atoms with E-state index in [0.29, 0.717) is 38.5 Å². The van der Waals surface area contributed by atoms with Gasteiger partial charge in [-0.05, 0) is 31.2 Å². The first-order valence-electron chi connectivity index (χ1n) is 6.99. The van der Waals surface area contributed by atoms with Crippen LogP contribution in [-0.4, -0.2) is 56.8 Å². The van der Waals surface area contributed by atoms with Crippen LogP contribution in [0.5, 0.6) is 5.75 Å². The van der Waals surface area contributed by atoms with Crippen molar-refractivity contribution >= 4 is 10.0 Å². The standard InChI is InChI=1S/C14H21NO5S/c1-12-11-19-10-7-15(12)21(17,18)14-5-3-13(4-6-14)20-9-2-8-16/h3-6,12,16H,2,7-11H2,1H3. The van der Waals surface area contributed by atoms with Crippen LogP contribution < -0.4 is 4.74 Å². The Balaban J connectivity index is 2.09. The van der Waals surface area contributed by atoms with Crippen LogP contribution in [0.1, 0.15) is 13.3 Å². The second kappa shape index (κ2) is 7.22. The summed E-state index contributed by atoms with van der Waals surface area (Å²) in [6.07, 6.45) is 0.547.